The Morgan fingerprint density at radius 1 is 1.03 bits per heavy atom. The van der Waals surface area contributed by atoms with Crippen molar-refractivity contribution in [1.82, 2.24) is 19.8 Å². The van der Waals surface area contributed by atoms with Crippen molar-refractivity contribution in [3.05, 3.63) is 113 Å². The summed E-state index contributed by atoms with van der Waals surface area (Å²) >= 11 is 5.88. The summed E-state index contributed by atoms with van der Waals surface area (Å²) in [7, 11) is 3.06. The number of aromatic nitrogens is 2. The Balaban J connectivity index is 1.59. The fourth-order valence-electron chi connectivity index (χ4n) is 5.22. The zero-order valence-electron chi connectivity index (χ0n) is 21.8. The average Bonchev–Trinajstić information content (AvgIpc) is 3.43. The molecule has 1 aliphatic rings. The van der Waals surface area contributed by atoms with Crippen LogP contribution in [0.4, 0.5) is 0 Å². The summed E-state index contributed by atoms with van der Waals surface area (Å²) in [5.74, 6) is 0.456. The summed E-state index contributed by atoms with van der Waals surface area (Å²) in [5, 5.41) is 4.22. The summed E-state index contributed by atoms with van der Waals surface area (Å²) in [4.78, 5) is 19.1. The van der Waals surface area contributed by atoms with Crippen LogP contribution in [0.25, 0.3) is 5.69 Å². The highest BCUT2D eigenvalue weighted by Gasteiger charge is 2.41. The van der Waals surface area contributed by atoms with E-state index in [2.05, 4.69) is 51.8 Å². The van der Waals surface area contributed by atoms with Gasteiger partial charge in [-0.1, -0.05) is 24.3 Å². The third-order valence-corrected chi connectivity index (χ3v) is 7.38. The zero-order chi connectivity index (χ0) is 26.8. The summed E-state index contributed by atoms with van der Waals surface area (Å²) in [6.45, 7) is 4.81. The van der Waals surface area contributed by atoms with Crippen LogP contribution in [-0.2, 0) is 11.3 Å². The van der Waals surface area contributed by atoms with Crippen LogP contribution >= 0.6 is 12.2 Å². The molecule has 2 atom stereocenters. The molecule has 1 aliphatic heterocycles. The van der Waals surface area contributed by atoms with E-state index in [0.29, 0.717) is 17.2 Å². The maximum absolute atomic E-state index is 12.2. The number of benzene rings is 2. The van der Waals surface area contributed by atoms with E-state index in [1.165, 1.54) is 7.11 Å². The molecule has 1 fully saturated rings. The molecule has 194 valence electrons. The lowest BCUT2D eigenvalue weighted by atomic mass is 9.96. The van der Waals surface area contributed by atoms with E-state index in [1.54, 1.807) is 13.2 Å². The zero-order valence-corrected chi connectivity index (χ0v) is 22.7. The number of thiocarbonyl (C=S) groups is 1. The summed E-state index contributed by atoms with van der Waals surface area (Å²) in [6.07, 6.45) is 1.81. The monoisotopic (exact) mass is 526 g/mol. The first-order valence-electron chi connectivity index (χ1n) is 12.4. The first-order chi connectivity index (χ1) is 18.4. The molecule has 0 amide bonds. The number of nitrogens with zero attached hydrogens (tertiary/aromatic N) is 3. The van der Waals surface area contributed by atoms with E-state index < -0.39 is 0 Å². The highest BCUT2D eigenvalue weighted by molar-refractivity contribution is 7.80. The van der Waals surface area contributed by atoms with Crippen molar-refractivity contribution in [3.8, 4) is 11.4 Å². The minimum atomic E-state index is -0.360. The van der Waals surface area contributed by atoms with Gasteiger partial charge in [-0.2, -0.15) is 0 Å². The normalized spacial score (nSPS) is 16.8. The van der Waals surface area contributed by atoms with Crippen molar-refractivity contribution in [2.75, 3.05) is 14.2 Å². The maximum atomic E-state index is 12.2. The van der Waals surface area contributed by atoms with Gasteiger partial charge < -0.3 is 24.3 Å². The lowest BCUT2D eigenvalue weighted by molar-refractivity contribution is 0.0600. The summed E-state index contributed by atoms with van der Waals surface area (Å²) < 4.78 is 12.5. The number of aryl methyl sites for hydroxylation is 1. The highest BCUT2D eigenvalue weighted by Crippen LogP contribution is 2.42. The third-order valence-electron chi connectivity index (χ3n) is 7.02. The molecule has 38 heavy (non-hydrogen) atoms. The van der Waals surface area contributed by atoms with Crippen LogP contribution < -0.4 is 10.1 Å². The minimum Gasteiger partial charge on any atom is -0.497 e. The fourth-order valence-corrected chi connectivity index (χ4v) is 5.52. The number of rotatable bonds is 7. The van der Waals surface area contributed by atoms with Crippen molar-refractivity contribution >= 4 is 23.3 Å². The molecule has 2 aromatic carbocycles. The van der Waals surface area contributed by atoms with Crippen molar-refractivity contribution in [2.24, 2.45) is 0 Å². The SMILES string of the molecule is COC(=O)c1cccc(-n2c(C)cc([C@H]3[C@H](c4ccccn4)NC(=S)N3Cc3ccc(OC)cc3)c2C)c1. The molecule has 2 aromatic heterocycles. The van der Waals surface area contributed by atoms with Crippen LogP contribution in [0.1, 0.15) is 50.7 Å². The molecule has 7 nitrogen and oxygen atoms in total. The fraction of sp³-hybridized carbons (Fsp3) is 0.233. The highest BCUT2D eigenvalue weighted by atomic mass is 32.1. The first kappa shape index (κ1) is 25.5. The molecule has 8 heteroatoms. The molecule has 0 spiro atoms. The number of hydrogen-bond donors (Lipinski definition) is 1. The molecular weight excluding hydrogens is 496 g/mol. The van der Waals surface area contributed by atoms with Crippen molar-refractivity contribution < 1.29 is 14.3 Å². The Morgan fingerprint density at radius 2 is 1.82 bits per heavy atom. The van der Waals surface area contributed by atoms with Gasteiger partial charge in [-0.05, 0) is 85.7 Å². The summed E-state index contributed by atoms with van der Waals surface area (Å²) in [6, 6.07) is 23.5. The standard InChI is InChI=1S/C30H30N4O3S/c1-19-16-25(20(2)34(19)23-9-7-8-22(17-23)29(35)37-4)28-27(26-10-5-6-15-31-26)32-30(38)33(28)18-21-11-13-24(36-3)14-12-21/h5-17,27-28H,18H2,1-4H3,(H,32,38)/t27-,28-/m0/s1. The van der Waals surface area contributed by atoms with Crippen LogP contribution in [0.15, 0.2) is 79.0 Å². The van der Waals surface area contributed by atoms with E-state index in [1.807, 2.05) is 54.7 Å². The predicted molar refractivity (Wildman–Crippen MR) is 151 cm³/mol. The van der Waals surface area contributed by atoms with E-state index in [4.69, 9.17) is 21.7 Å². The van der Waals surface area contributed by atoms with Crippen molar-refractivity contribution in [1.29, 1.82) is 0 Å². The van der Waals surface area contributed by atoms with Gasteiger partial charge in [0.25, 0.3) is 0 Å². The second-order valence-electron chi connectivity index (χ2n) is 9.31. The van der Waals surface area contributed by atoms with E-state index in [0.717, 1.165) is 39.6 Å². The van der Waals surface area contributed by atoms with Crippen molar-refractivity contribution in [2.45, 2.75) is 32.5 Å². The van der Waals surface area contributed by atoms with Gasteiger partial charge in [0, 0.05) is 29.8 Å². The molecule has 0 unspecified atom stereocenters. The molecule has 0 bridgehead atoms. The van der Waals surface area contributed by atoms with Crippen LogP contribution in [0.2, 0.25) is 0 Å². The number of methoxy groups -OCH3 is 2. The smallest absolute Gasteiger partial charge is 0.337 e. The van der Waals surface area contributed by atoms with E-state index in [-0.39, 0.29) is 18.1 Å². The molecule has 4 aromatic rings. The Labute approximate surface area is 228 Å². The van der Waals surface area contributed by atoms with Gasteiger partial charge in [-0.15, -0.1) is 0 Å². The van der Waals surface area contributed by atoms with Crippen molar-refractivity contribution in [3.63, 3.8) is 0 Å². The summed E-state index contributed by atoms with van der Waals surface area (Å²) in [5.41, 5.74) is 6.73. The molecule has 0 radical (unpaired) electrons. The molecule has 0 saturated carbocycles. The number of pyridine rings is 1. The lowest BCUT2D eigenvalue weighted by Crippen LogP contribution is -2.29. The topological polar surface area (TPSA) is 68.6 Å². The van der Waals surface area contributed by atoms with Crippen LogP contribution in [0.5, 0.6) is 5.75 Å². The van der Waals surface area contributed by atoms with Gasteiger partial charge in [0.1, 0.15) is 5.75 Å². The number of ether oxygens (including phenoxy) is 2. The maximum Gasteiger partial charge on any atom is 0.337 e. The quantitative estimate of drug-likeness (QED) is 0.253. The van der Waals surface area contributed by atoms with Crippen LogP contribution in [-0.4, -0.2) is 39.8 Å². The molecule has 0 aliphatic carbocycles. The largest absolute Gasteiger partial charge is 0.497 e. The molecule has 3 heterocycles. The Bertz CT molecular complexity index is 1470. The number of carbonyl (C=O) groups excluding carboxylic acids is 1. The Morgan fingerprint density at radius 3 is 2.50 bits per heavy atom. The molecule has 1 saturated heterocycles. The van der Waals surface area contributed by atoms with E-state index in [9.17, 15) is 4.79 Å². The third kappa shape index (κ3) is 4.75. The molecule has 5 rings (SSSR count). The Hall–Kier alpha value is -4.17. The predicted octanol–water partition coefficient (Wildman–Crippen LogP) is 5.46. The Kier molecular flexibility index (Phi) is 7.15. The lowest BCUT2D eigenvalue weighted by Gasteiger charge is -2.28. The average molecular weight is 527 g/mol. The number of hydrogen-bond acceptors (Lipinski definition) is 5. The van der Waals surface area contributed by atoms with E-state index >= 15 is 0 Å². The van der Waals surface area contributed by atoms with Gasteiger partial charge in [0.05, 0.1) is 37.6 Å². The molecular formula is C30H30N4O3S. The number of esters is 1. The van der Waals surface area contributed by atoms with Crippen LogP contribution in [0.3, 0.4) is 0 Å². The van der Waals surface area contributed by atoms with Gasteiger partial charge in [-0.25, -0.2) is 4.79 Å². The number of carbonyl (C=O) groups is 1. The molecule has 1 N–H and O–H groups in total. The van der Waals surface area contributed by atoms with Gasteiger partial charge >= 0.3 is 5.97 Å². The van der Waals surface area contributed by atoms with Crippen LogP contribution in [0, 0.1) is 13.8 Å². The first-order valence-corrected chi connectivity index (χ1v) is 12.8. The van der Waals surface area contributed by atoms with Gasteiger partial charge in [0.2, 0.25) is 0 Å². The van der Waals surface area contributed by atoms with Gasteiger partial charge in [0.15, 0.2) is 5.11 Å². The minimum absolute atomic E-state index is 0.0942. The van der Waals surface area contributed by atoms with Gasteiger partial charge in [-0.3, -0.25) is 4.98 Å². The number of nitrogens with one attached hydrogen (secondary N) is 1. The second kappa shape index (κ2) is 10.7. The second-order valence-corrected chi connectivity index (χ2v) is 9.69.